The Kier molecular flexibility index (Phi) is 52.5. The van der Waals surface area contributed by atoms with Crippen molar-refractivity contribution in [2.45, 2.75) is 232 Å². The zero-order valence-electron chi connectivity index (χ0n) is 44.3. The molecule has 0 rings (SSSR count). The maximum Gasteiger partial charge on any atom is 0.306 e. The molecule has 1 unspecified atom stereocenters. The second-order valence-corrected chi connectivity index (χ2v) is 17.7. The summed E-state index contributed by atoms with van der Waals surface area (Å²) in [7, 11) is 0. The third kappa shape index (κ3) is 54.4. The summed E-state index contributed by atoms with van der Waals surface area (Å²) >= 11 is 0. The lowest BCUT2D eigenvalue weighted by molar-refractivity contribution is -0.166. The third-order valence-electron chi connectivity index (χ3n) is 11.2. The molecule has 0 bridgehead atoms. The summed E-state index contributed by atoms with van der Waals surface area (Å²) in [5.41, 5.74) is 0. The Labute approximate surface area is 424 Å². The average molecular weight is 953 g/mol. The first-order valence-electron chi connectivity index (χ1n) is 27.7. The fraction of sp³-hybridized carbons (Fsp3) is 0.603. The predicted molar refractivity (Wildman–Crippen MR) is 297 cm³/mol. The van der Waals surface area contributed by atoms with Gasteiger partial charge in [-0.2, -0.15) is 0 Å². The monoisotopic (exact) mass is 953 g/mol. The Morgan fingerprint density at radius 1 is 0.304 bits per heavy atom. The standard InChI is InChI=1S/C63H100O6/c1-4-7-10-13-16-19-22-25-27-29-31-33-35-38-40-43-46-49-52-55-61(64)67-58-60(69-63(66)57-54-51-48-45-42-37-24-21-18-15-12-9-6-3)59-68-62(65)56-53-50-47-44-41-39-36-34-32-30-28-26-23-20-17-14-11-8-5-2/h7-8,10-11,16-17,19-20,25-28,31-34,38-41,46,49,60H,4-6,9,12-15,18,21-24,29-30,35-37,42-45,47-48,50-59H2,1-3H3. The van der Waals surface area contributed by atoms with Crippen LogP contribution in [-0.2, 0) is 28.6 Å². The van der Waals surface area contributed by atoms with E-state index in [0.29, 0.717) is 19.3 Å². The molecule has 0 aliphatic rings. The second-order valence-electron chi connectivity index (χ2n) is 17.7. The highest BCUT2D eigenvalue weighted by Gasteiger charge is 2.19. The normalized spacial score (nSPS) is 13.1. The van der Waals surface area contributed by atoms with Crippen LogP contribution in [0.4, 0.5) is 0 Å². The molecule has 388 valence electrons. The van der Waals surface area contributed by atoms with Crippen molar-refractivity contribution in [2.75, 3.05) is 13.2 Å². The number of esters is 3. The van der Waals surface area contributed by atoms with E-state index < -0.39 is 6.10 Å². The zero-order chi connectivity index (χ0) is 50.0. The van der Waals surface area contributed by atoms with Crippen LogP contribution in [0, 0.1) is 0 Å². The van der Waals surface area contributed by atoms with E-state index in [1.165, 1.54) is 64.2 Å². The van der Waals surface area contributed by atoms with Gasteiger partial charge >= 0.3 is 17.9 Å². The Morgan fingerprint density at radius 2 is 0.594 bits per heavy atom. The van der Waals surface area contributed by atoms with E-state index in [1.54, 1.807) is 0 Å². The summed E-state index contributed by atoms with van der Waals surface area (Å²) in [5, 5.41) is 0. The van der Waals surface area contributed by atoms with Gasteiger partial charge in [-0.25, -0.2) is 0 Å². The molecule has 0 aromatic rings. The number of carbonyl (C=O) groups excluding carboxylic acids is 3. The van der Waals surface area contributed by atoms with Gasteiger partial charge < -0.3 is 14.2 Å². The lowest BCUT2D eigenvalue weighted by Crippen LogP contribution is -2.30. The topological polar surface area (TPSA) is 78.9 Å². The van der Waals surface area contributed by atoms with Crippen LogP contribution < -0.4 is 0 Å². The zero-order valence-corrected chi connectivity index (χ0v) is 44.3. The van der Waals surface area contributed by atoms with Crippen molar-refractivity contribution >= 4 is 17.9 Å². The molecule has 0 amide bonds. The first-order valence-corrected chi connectivity index (χ1v) is 27.7. The molecule has 0 aromatic carbocycles. The highest BCUT2D eigenvalue weighted by atomic mass is 16.6. The van der Waals surface area contributed by atoms with Crippen molar-refractivity contribution in [2.24, 2.45) is 0 Å². The molecule has 6 nitrogen and oxygen atoms in total. The van der Waals surface area contributed by atoms with Crippen LogP contribution in [-0.4, -0.2) is 37.2 Å². The van der Waals surface area contributed by atoms with E-state index >= 15 is 0 Å². The molecule has 0 spiro atoms. The molecule has 0 saturated heterocycles. The molecule has 0 aromatic heterocycles. The number of ether oxygens (including phenoxy) is 3. The first-order chi connectivity index (χ1) is 34.0. The summed E-state index contributed by atoms with van der Waals surface area (Å²) in [5.74, 6) is -1.04. The molecule has 0 saturated carbocycles. The van der Waals surface area contributed by atoms with Crippen LogP contribution >= 0.6 is 0 Å². The largest absolute Gasteiger partial charge is 0.462 e. The molecular formula is C63H100O6. The Hall–Kier alpha value is -4.45. The molecule has 0 aliphatic heterocycles. The van der Waals surface area contributed by atoms with Gasteiger partial charge in [0, 0.05) is 19.3 Å². The van der Waals surface area contributed by atoms with Crippen molar-refractivity contribution in [1.82, 2.24) is 0 Å². The molecule has 0 radical (unpaired) electrons. The highest BCUT2D eigenvalue weighted by Crippen LogP contribution is 2.14. The fourth-order valence-corrected chi connectivity index (χ4v) is 7.08. The van der Waals surface area contributed by atoms with Crippen molar-refractivity contribution in [3.63, 3.8) is 0 Å². The minimum atomic E-state index is -0.825. The number of hydrogen-bond donors (Lipinski definition) is 0. The Morgan fingerprint density at radius 3 is 0.971 bits per heavy atom. The molecule has 0 aliphatic carbocycles. The lowest BCUT2D eigenvalue weighted by Gasteiger charge is -2.18. The molecule has 6 heteroatoms. The van der Waals surface area contributed by atoms with E-state index in [9.17, 15) is 14.4 Å². The quantitative estimate of drug-likeness (QED) is 0.0262. The summed E-state index contributed by atoms with van der Waals surface area (Å²) < 4.78 is 16.7. The summed E-state index contributed by atoms with van der Waals surface area (Å²) in [6.45, 7) is 6.31. The van der Waals surface area contributed by atoms with Crippen molar-refractivity contribution in [3.05, 3.63) is 134 Å². The van der Waals surface area contributed by atoms with Crippen LogP contribution in [0.1, 0.15) is 226 Å². The van der Waals surface area contributed by atoms with Gasteiger partial charge in [0.2, 0.25) is 0 Å². The number of allylic oxidation sites excluding steroid dienone is 22. The smallest absolute Gasteiger partial charge is 0.306 e. The first kappa shape index (κ1) is 64.5. The van der Waals surface area contributed by atoms with E-state index in [2.05, 4.69) is 142 Å². The van der Waals surface area contributed by atoms with Crippen LogP contribution in [0.5, 0.6) is 0 Å². The fourth-order valence-electron chi connectivity index (χ4n) is 7.08. The molecule has 69 heavy (non-hydrogen) atoms. The summed E-state index contributed by atoms with van der Waals surface area (Å²) in [6, 6.07) is 0. The van der Waals surface area contributed by atoms with E-state index in [0.717, 1.165) is 116 Å². The van der Waals surface area contributed by atoms with Gasteiger partial charge in [-0.3, -0.25) is 14.4 Å². The summed E-state index contributed by atoms with van der Waals surface area (Å²) in [6.07, 6.45) is 78.8. The third-order valence-corrected chi connectivity index (χ3v) is 11.2. The van der Waals surface area contributed by atoms with Crippen molar-refractivity contribution in [1.29, 1.82) is 0 Å². The maximum absolute atomic E-state index is 12.8. The highest BCUT2D eigenvalue weighted by molar-refractivity contribution is 5.71. The van der Waals surface area contributed by atoms with Crippen molar-refractivity contribution in [3.8, 4) is 0 Å². The van der Waals surface area contributed by atoms with Gasteiger partial charge in [-0.1, -0.05) is 238 Å². The average Bonchev–Trinajstić information content (AvgIpc) is 3.35. The molecule has 0 N–H and O–H groups in total. The van der Waals surface area contributed by atoms with E-state index in [1.807, 2.05) is 12.2 Å². The summed E-state index contributed by atoms with van der Waals surface area (Å²) in [4.78, 5) is 38.1. The molecule has 1 atom stereocenters. The SMILES string of the molecule is CCC=CCC=CCC=CCC=CCC=CCC=CCCC(=O)OCC(COC(=O)CCCCCC=CCC=CCC=CCC=CCC=CCC)OC(=O)CCCCCCCCCCCCCCC. The van der Waals surface area contributed by atoms with Gasteiger partial charge in [0.05, 0.1) is 0 Å². The van der Waals surface area contributed by atoms with Gasteiger partial charge in [-0.05, 0) is 103 Å². The molecule has 0 fully saturated rings. The van der Waals surface area contributed by atoms with Gasteiger partial charge in [0.1, 0.15) is 13.2 Å². The van der Waals surface area contributed by atoms with Crippen LogP contribution in [0.3, 0.4) is 0 Å². The number of unbranched alkanes of at least 4 members (excludes halogenated alkanes) is 15. The van der Waals surface area contributed by atoms with E-state index in [4.69, 9.17) is 14.2 Å². The van der Waals surface area contributed by atoms with Crippen molar-refractivity contribution < 1.29 is 28.6 Å². The predicted octanol–water partition coefficient (Wildman–Crippen LogP) is 18.6. The van der Waals surface area contributed by atoms with Gasteiger partial charge in [0.25, 0.3) is 0 Å². The van der Waals surface area contributed by atoms with E-state index in [-0.39, 0.29) is 37.5 Å². The minimum Gasteiger partial charge on any atom is -0.462 e. The maximum atomic E-state index is 12.8. The second kappa shape index (κ2) is 56.1. The number of rotatable bonds is 48. The minimum absolute atomic E-state index is 0.121. The van der Waals surface area contributed by atoms with Crippen LogP contribution in [0.25, 0.3) is 0 Å². The Balaban J connectivity index is 4.56. The molecular weight excluding hydrogens is 853 g/mol. The molecule has 0 heterocycles. The van der Waals surface area contributed by atoms with Gasteiger partial charge in [0.15, 0.2) is 6.10 Å². The van der Waals surface area contributed by atoms with Crippen LogP contribution in [0.2, 0.25) is 0 Å². The number of carbonyl (C=O) groups is 3. The number of hydrogen-bond acceptors (Lipinski definition) is 6. The van der Waals surface area contributed by atoms with Crippen LogP contribution in [0.15, 0.2) is 134 Å². The van der Waals surface area contributed by atoms with Gasteiger partial charge in [-0.15, -0.1) is 0 Å². The lowest BCUT2D eigenvalue weighted by atomic mass is 10.0. The Bertz CT molecular complexity index is 1510.